The van der Waals surface area contributed by atoms with Crippen LogP contribution in [0.3, 0.4) is 0 Å². The van der Waals surface area contributed by atoms with Crippen molar-refractivity contribution < 1.29 is 14.4 Å². The summed E-state index contributed by atoms with van der Waals surface area (Å²) >= 11 is 0. The van der Waals surface area contributed by atoms with Crippen molar-refractivity contribution in [2.24, 2.45) is 17.8 Å². The molecule has 2 aliphatic rings. The second-order valence-electron chi connectivity index (χ2n) is 9.94. The maximum absolute atomic E-state index is 11.0. The Labute approximate surface area is 198 Å². The molecule has 0 radical (unpaired) electrons. The van der Waals surface area contributed by atoms with Crippen molar-refractivity contribution in [3.05, 3.63) is 0 Å². The van der Waals surface area contributed by atoms with E-state index in [4.69, 9.17) is 0 Å². The number of nitrogens with one attached hydrogen (secondary N) is 1. The first-order valence-electron chi connectivity index (χ1n) is 13.0. The van der Waals surface area contributed by atoms with Crippen LogP contribution in [0.15, 0.2) is 0 Å². The molecular formula is C27H52N2O3. The number of likely N-dealkylation sites (tertiary alicyclic amines) is 1. The molecule has 1 saturated carbocycles. The van der Waals surface area contributed by atoms with Crippen molar-refractivity contribution >= 4 is 17.3 Å². The smallest absolute Gasteiger partial charge is 0.133 e. The van der Waals surface area contributed by atoms with Gasteiger partial charge < -0.3 is 15.0 Å². The number of hydrogen-bond acceptors (Lipinski definition) is 5. The molecule has 32 heavy (non-hydrogen) atoms. The SMILES string of the molecule is CC(=O)C1CCN(C)CC1.CCCCCCCC(C)=O.CNCC1CCC(C(C)=O)CC1. The zero-order valence-electron chi connectivity index (χ0n) is 22.0. The first-order chi connectivity index (χ1) is 15.2. The van der Waals surface area contributed by atoms with Gasteiger partial charge in [0.15, 0.2) is 0 Å². The lowest BCUT2D eigenvalue weighted by atomic mass is 9.80. The van der Waals surface area contributed by atoms with E-state index in [-0.39, 0.29) is 0 Å². The lowest BCUT2D eigenvalue weighted by molar-refractivity contribution is -0.122. The van der Waals surface area contributed by atoms with Crippen LogP contribution < -0.4 is 5.32 Å². The summed E-state index contributed by atoms with van der Waals surface area (Å²) in [6.45, 7) is 10.6. The third-order valence-corrected chi connectivity index (χ3v) is 6.84. The molecule has 1 saturated heterocycles. The van der Waals surface area contributed by atoms with Crippen molar-refractivity contribution in [1.29, 1.82) is 0 Å². The molecule has 0 aromatic rings. The van der Waals surface area contributed by atoms with Crippen molar-refractivity contribution in [3.63, 3.8) is 0 Å². The first-order valence-corrected chi connectivity index (χ1v) is 13.0. The summed E-state index contributed by atoms with van der Waals surface area (Å²) in [6, 6.07) is 0. The summed E-state index contributed by atoms with van der Waals surface area (Å²) in [7, 11) is 4.10. The number of Topliss-reactive ketones (excluding diaryl/α,β-unsaturated/α-hetero) is 3. The molecular weight excluding hydrogens is 400 g/mol. The van der Waals surface area contributed by atoms with Crippen molar-refractivity contribution in [2.75, 3.05) is 33.7 Å². The molecule has 2 rings (SSSR count). The minimum absolute atomic E-state index is 0.330. The molecule has 0 aromatic carbocycles. The average molecular weight is 453 g/mol. The van der Waals surface area contributed by atoms with Crippen LogP contribution in [-0.2, 0) is 14.4 Å². The molecule has 0 atom stereocenters. The lowest BCUT2D eigenvalue weighted by Crippen LogP contribution is -2.32. The van der Waals surface area contributed by atoms with Gasteiger partial charge in [0.25, 0.3) is 0 Å². The van der Waals surface area contributed by atoms with Gasteiger partial charge in [0, 0.05) is 18.3 Å². The van der Waals surface area contributed by atoms with Gasteiger partial charge in [-0.25, -0.2) is 0 Å². The van der Waals surface area contributed by atoms with Crippen LogP contribution in [0.25, 0.3) is 0 Å². The molecule has 2 fully saturated rings. The minimum Gasteiger partial charge on any atom is -0.319 e. The summed E-state index contributed by atoms with van der Waals surface area (Å²) in [5.41, 5.74) is 0. The van der Waals surface area contributed by atoms with E-state index < -0.39 is 0 Å². The maximum Gasteiger partial charge on any atom is 0.133 e. The minimum atomic E-state index is 0.330. The molecule has 188 valence electrons. The Morgan fingerprint density at radius 3 is 1.72 bits per heavy atom. The fourth-order valence-corrected chi connectivity index (χ4v) is 4.45. The number of ketones is 3. The zero-order chi connectivity index (χ0) is 24.4. The molecule has 0 spiro atoms. The largest absolute Gasteiger partial charge is 0.319 e. The molecule has 1 N–H and O–H groups in total. The highest BCUT2D eigenvalue weighted by molar-refractivity contribution is 5.78. The fraction of sp³-hybridized carbons (Fsp3) is 0.889. The van der Waals surface area contributed by atoms with Crippen molar-refractivity contribution in [1.82, 2.24) is 10.2 Å². The Kier molecular flexibility index (Phi) is 18.8. The van der Waals surface area contributed by atoms with Crippen LogP contribution in [0.1, 0.15) is 105 Å². The van der Waals surface area contributed by atoms with E-state index in [9.17, 15) is 14.4 Å². The normalized spacial score (nSPS) is 21.6. The first kappa shape index (κ1) is 30.9. The monoisotopic (exact) mass is 452 g/mol. The predicted molar refractivity (Wildman–Crippen MR) is 135 cm³/mol. The predicted octanol–water partition coefficient (Wildman–Crippen LogP) is 5.45. The van der Waals surface area contributed by atoms with Gasteiger partial charge in [-0.05, 0) is 105 Å². The zero-order valence-corrected chi connectivity index (χ0v) is 22.0. The Morgan fingerprint density at radius 1 is 0.781 bits per heavy atom. The lowest BCUT2D eigenvalue weighted by Gasteiger charge is -2.26. The molecule has 0 aromatic heterocycles. The summed E-state index contributed by atoms with van der Waals surface area (Å²) in [5.74, 6) is 2.63. The quantitative estimate of drug-likeness (QED) is 0.446. The van der Waals surface area contributed by atoms with E-state index in [1.54, 1.807) is 20.8 Å². The molecule has 0 bridgehead atoms. The second-order valence-corrected chi connectivity index (χ2v) is 9.94. The molecule has 1 aliphatic heterocycles. The van der Waals surface area contributed by atoms with Crippen LogP contribution in [0.4, 0.5) is 0 Å². The van der Waals surface area contributed by atoms with E-state index in [0.29, 0.717) is 29.2 Å². The van der Waals surface area contributed by atoms with Crippen LogP contribution in [0, 0.1) is 17.8 Å². The molecule has 0 unspecified atom stereocenters. The molecule has 1 heterocycles. The molecule has 5 nitrogen and oxygen atoms in total. The summed E-state index contributed by atoms with van der Waals surface area (Å²) in [4.78, 5) is 34.7. The Hall–Kier alpha value is -1.07. The summed E-state index contributed by atoms with van der Waals surface area (Å²) in [6.07, 6.45) is 13.8. The van der Waals surface area contributed by atoms with Gasteiger partial charge in [0.1, 0.15) is 17.3 Å². The van der Waals surface area contributed by atoms with Gasteiger partial charge in [0.2, 0.25) is 0 Å². The van der Waals surface area contributed by atoms with Gasteiger partial charge in [-0.2, -0.15) is 0 Å². The number of carbonyl (C=O) groups is 3. The highest BCUT2D eigenvalue weighted by atomic mass is 16.1. The van der Waals surface area contributed by atoms with Gasteiger partial charge in [-0.1, -0.05) is 32.6 Å². The van der Waals surface area contributed by atoms with E-state index in [0.717, 1.165) is 64.1 Å². The third kappa shape index (κ3) is 16.5. The summed E-state index contributed by atoms with van der Waals surface area (Å²) < 4.78 is 0. The van der Waals surface area contributed by atoms with Crippen molar-refractivity contribution in [2.45, 2.75) is 105 Å². The topological polar surface area (TPSA) is 66.5 Å². The standard InChI is InChI=1S/C10H19NO.C9H18O.C8H15NO/c1-8(12)10-5-3-9(4-6-10)7-11-2;1-3-4-5-6-7-8-9(2)10;1-7(10)8-3-5-9(2)6-4-8/h9-11H,3-7H2,1-2H3;3-8H2,1-2H3;8H,3-6H2,1-2H3. The number of carbonyl (C=O) groups excluding carboxylic acids is 3. The van der Waals surface area contributed by atoms with E-state index in [1.807, 2.05) is 7.05 Å². The van der Waals surface area contributed by atoms with Crippen LogP contribution in [0.2, 0.25) is 0 Å². The molecule has 1 aliphatic carbocycles. The maximum atomic E-state index is 11.0. The van der Waals surface area contributed by atoms with E-state index in [2.05, 4.69) is 24.2 Å². The fourth-order valence-electron chi connectivity index (χ4n) is 4.45. The Bertz CT molecular complexity index is 505. The molecule has 5 heteroatoms. The summed E-state index contributed by atoms with van der Waals surface area (Å²) in [5, 5.41) is 3.20. The van der Waals surface area contributed by atoms with Crippen molar-refractivity contribution in [3.8, 4) is 0 Å². The third-order valence-electron chi connectivity index (χ3n) is 6.84. The number of nitrogens with zero attached hydrogens (tertiary/aromatic N) is 1. The number of hydrogen-bond donors (Lipinski definition) is 1. The van der Waals surface area contributed by atoms with Gasteiger partial charge in [-0.15, -0.1) is 0 Å². The average Bonchev–Trinajstić information content (AvgIpc) is 2.75. The van der Waals surface area contributed by atoms with Crippen LogP contribution in [0.5, 0.6) is 0 Å². The Morgan fingerprint density at radius 2 is 1.28 bits per heavy atom. The van der Waals surface area contributed by atoms with Crippen LogP contribution in [-0.4, -0.2) is 56.0 Å². The number of unbranched alkanes of at least 4 members (excludes halogenated alkanes) is 4. The Balaban J connectivity index is 0.000000454. The molecule has 0 amide bonds. The van der Waals surface area contributed by atoms with Gasteiger partial charge >= 0.3 is 0 Å². The van der Waals surface area contributed by atoms with E-state index in [1.165, 1.54) is 38.5 Å². The van der Waals surface area contributed by atoms with Gasteiger partial charge in [-0.3, -0.25) is 9.59 Å². The second kappa shape index (κ2) is 19.4. The highest BCUT2D eigenvalue weighted by Gasteiger charge is 2.23. The van der Waals surface area contributed by atoms with Crippen LogP contribution >= 0.6 is 0 Å². The van der Waals surface area contributed by atoms with Gasteiger partial charge in [0.05, 0.1) is 0 Å². The van der Waals surface area contributed by atoms with E-state index >= 15 is 0 Å². The highest BCUT2D eigenvalue weighted by Crippen LogP contribution is 2.28. The number of rotatable bonds is 10. The number of piperidine rings is 1.